The first-order chi connectivity index (χ1) is 28.6. The first-order valence-electron chi connectivity index (χ1n) is 17.9. The molecular formula is C42H33F2N5O8S2. The summed E-state index contributed by atoms with van der Waals surface area (Å²) in [5, 5.41) is 6.41. The standard InChI is InChI=1S/C42H33F2N5O8S2/c43-31(44)21-29-24-59(54)40-34(39(52)49(40)35(29)41(53)57-37(27-17-9-3-10-18-27)28-19-11-4-12-20-28)47-38(51)33(30-23-58-42(45)46-30)48-55-22-32(50)56-36(25-13-5-1-6-14-25)26-15-7-2-8-16-26/h1-21,23,34,36-37,40H,22,24H2,(H2,45,46)(H,47,51)/b48-33+/t34?,40-,59?/m1/s1. The summed E-state index contributed by atoms with van der Waals surface area (Å²) in [4.78, 5) is 64.8. The number of carbonyl (C=O) groups excluding carboxylic acids is 4. The van der Waals surface area contributed by atoms with Gasteiger partial charge in [0.15, 0.2) is 29.1 Å². The molecule has 1 fully saturated rings. The minimum atomic E-state index is -2.19. The van der Waals surface area contributed by atoms with E-state index in [-0.39, 0.29) is 16.4 Å². The Labute approximate surface area is 343 Å². The topological polar surface area (TPSA) is 186 Å². The van der Waals surface area contributed by atoms with E-state index in [1.807, 2.05) is 12.1 Å². The highest BCUT2D eigenvalue weighted by Crippen LogP contribution is 2.39. The van der Waals surface area contributed by atoms with Crippen LogP contribution in [-0.4, -0.2) is 67.7 Å². The maximum atomic E-state index is 14.0. The lowest BCUT2D eigenvalue weighted by Crippen LogP contribution is -2.75. The summed E-state index contributed by atoms with van der Waals surface area (Å²) in [6, 6.07) is 33.9. The van der Waals surface area contributed by atoms with Gasteiger partial charge in [0.1, 0.15) is 17.1 Å². The second kappa shape index (κ2) is 18.3. The maximum Gasteiger partial charge on any atom is 0.356 e. The van der Waals surface area contributed by atoms with Crippen LogP contribution in [0.4, 0.5) is 13.9 Å². The molecule has 2 amide bonds. The minimum Gasteiger partial charge on any atom is -0.614 e. The quantitative estimate of drug-likeness (QED) is 0.0472. The van der Waals surface area contributed by atoms with Crippen LogP contribution >= 0.6 is 11.3 Å². The number of fused-ring (bicyclic) bond motifs is 1. The number of nitrogens with two attached hydrogens (primary N) is 1. The fourth-order valence-electron chi connectivity index (χ4n) is 6.49. The number of β-lactam (4-membered cyclic amide) rings is 1. The Morgan fingerprint density at radius 1 is 0.881 bits per heavy atom. The van der Waals surface area contributed by atoms with Gasteiger partial charge in [0.05, 0.1) is 0 Å². The van der Waals surface area contributed by atoms with Crippen LogP contribution in [0.25, 0.3) is 0 Å². The number of carbonyl (C=O) groups is 4. The molecule has 2 aliphatic heterocycles. The SMILES string of the molecule is Nc1nc(/C(=N\OCC(=O)OC(c2ccccc2)c2ccccc2)C(=O)NC2C(=O)N3C(C(=O)OC(c4ccccc4)c4ccccc4)=C(C=C(F)F)C[S+]([O-])[C@H]23)cs1. The van der Waals surface area contributed by atoms with Gasteiger partial charge in [-0.25, -0.2) is 14.6 Å². The van der Waals surface area contributed by atoms with Crippen LogP contribution in [0.15, 0.2) is 155 Å². The summed E-state index contributed by atoms with van der Waals surface area (Å²) in [6.07, 6.45) is -3.60. The van der Waals surface area contributed by atoms with E-state index < -0.39 is 88.4 Å². The number of nitrogens with zero attached hydrogens (tertiary/aromatic N) is 3. The van der Waals surface area contributed by atoms with Crippen molar-refractivity contribution in [3.8, 4) is 0 Å². The number of hydrogen-bond donors (Lipinski definition) is 2. The number of oxime groups is 1. The van der Waals surface area contributed by atoms with Crippen molar-refractivity contribution >= 4 is 57.1 Å². The number of thiazole rings is 1. The zero-order valence-electron chi connectivity index (χ0n) is 30.7. The van der Waals surface area contributed by atoms with Crippen LogP contribution in [0, 0.1) is 0 Å². The molecule has 3 atom stereocenters. The number of nitrogens with one attached hydrogen (secondary N) is 1. The van der Waals surface area contributed by atoms with Crippen molar-refractivity contribution < 1.29 is 46.8 Å². The Balaban J connectivity index is 1.10. The predicted octanol–water partition coefficient (Wildman–Crippen LogP) is 5.56. The average molecular weight is 838 g/mol. The number of amides is 2. The summed E-state index contributed by atoms with van der Waals surface area (Å²) in [5.41, 5.74) is 6.86. The molecule has 17 heteroatoms. The molecule has 2 aliphatic rings. The number of esters is 2. The first-order valence-corrected chi connectivity index (χ1v) is 20.1. The Hall–Kier alpha value is -6.69. The molecule has 0 radical (unpaired) electrons. The largest absolute Gasteiger partial charge is 0.614 e. The molecule has 0 spiro atoms. The van der Waals surface area contributed by atoms with E-state index in [4.69, 9.17) is 20.0 Å². The smallest absolute Gasteiger partial charge is 0.356 e. The Kier molecular flexibility index (Phi) is 12.5. The minimum absolute atomic E-state index is 0.0611. The van der Waals surface area contributed by atoms with Gasteiger partial charge >= 0.3 is 11.9 Å². The summed E-state index contributed by atoms with van der Waals surface area (Å²) in [6.45, 7) is -0.736. The number of rotatable bonds is 14. The van der Waals surface area contributed by atoms with Crippen molar-refractivity contribution in [1.29, 1.82) is 0 Å². The lowest BCUT2D eigenvalue weighted by molar-refractivity contribution is -0.154. The van der Waals surface area contributed by atoms with E-state index >= 15 is 0 Å². The van der Waals surface area contributed by atoms with Crippen LogP contribution in [0.3, 0.4) is 0 Å². The number of halogens is 2. The molecule has 13 nitrogen and oxygen atoms in total. The summed E-state index contributed by atoms with van der Waals surface area (Å²) >= 11 is -1.11. The van der Waals surface area contributed by atoms with Crippen molar-refractivity contribution in [3.63, 3.8) is 0 Å². The number of hydrogen-bond acceptors (Lipinski definition) is 12. The van der Waals surface area contributed by atoms with E-state index in [9.17, 15) is 32.5 Å². The number of allylic oxidation sites excluding steroid dienone is 1. The van der Waals surface area contributed by atoms with Crippen molar-refractivity contribution in [1.82, 2.24) is 15.2 Å². The van der Waals surface area contributed by atoms with Gasteiger partial charge in [-0.2, -0.15) is 8.78 Å². The van der Waals surface area contributed by atoms with E-state index in [1.54, 1.807) is 109 Å². The van der Waals surface area contributed by atoms with Crippen molar-refractivity contribution in [2.24, 2.45) is 5.16 Å². The third kappa shape index (κ3) is 9.22. The van der Waals surface area contributed by atoms with Gasteiger partial charge in [0, 0.05) is 17.0 Å². The molecule has 1 aromatic heterocycles. The van der Waals surface area contributed by atoms with Gasteiger partial charge in [-0.15, -0.1) is 11.3 Å². The van der Waals surface area contributed by atoms with E-state index in [0.717, 1.165) is 16.2 Å². The van der Waals surface area contributed by atoms with Gasteiger partial charge in [-0.1, -0.05) is 126 Å². The van der Waals surface area contributed by atoms with Gasteiger partial charge in [-0.3, -0.25) is 14.5 Å². The highest BCUT2D eigenvalue weighted by atomic mass is 32.2. The summed E-state index contributed by atoms with van der Waals surface area (Å²) in [5.74, 6) is -4.48. The zero-order valence-corrected chi connectivity index (χ0v) is 32.3. The van der Waals surface area contributed by atoms with Gasteiger partial charge in [-0.05, 0) is 33.4 Å². The molecule has 3 heterocycles. The molecule has 59 heavy (non-hydrogen) atoms. The Bertz CT molecular complexity index is 2340. The molecule has 3 N–H and O–H groups in total. The van der Waals surface area contributed by atoms with Crippen LogP contribution in [0.2, 0.25) is 0 Å². The van der Waals surface area contributed by atoms with Gasteiger partial charge in [0.25, 0.3) is 17.9 Å². The fourth-order valence-corrected chi connectivity index (χ4v) is 8.67. The molecule has 1 saturated heterocycles. The van der Waals surface area contributed by atoms with E-state index in [1.165, 1.54) is 5.38 Å². The molecular weight excluding hydrogens is 805 g/mol. The van der Waals surface area contributed by atoms with Crippen molar-refractivity contribution in [3.05, 3.63) is 178 Å². The Morgan fingerprint density at radius 3 is 1.86 bits per heavy atom. The highest BCUT2D eigenvalue weighted by Gasteiger charge is 2.61. The number of ether oxygens (including phenoxy) is 2. The second-order valence-electron chi connectivity index (χ2n) is 13.0. The molecule has 5 aromatic rings. The van der Waals surface area contributed by atoms with Crippen molar-refractivity contribution in [2.45, 2.75) is 23.6 Å². The number of nitrogen functional groups attached to an aromatic ring is 1. The number of anilines is 1. The number of aromatic nitrogens is 1. The molecule has 0 saturated carbocycles. The second-order valence-corrected chi connectivity index (χ2v) is 15.4. The third-order valence-electron chi connectivity index (χ3n) is 9.12. The molecule has 4 aromatic carbocycles. The molecule has 0 bridgehead atoms. The maximum absolute atomic E-state index is 14.0. The molecule has 300 valence electrons. The predicted molar refractivity (Wildman–Crippen MR) is 214 cm³/mol. The van der Waals surface area contributed by atoms with Crippen LogP contribution in [0.5, 0.6) is 0 Å². The fraction of sp³-hybridized carbons (Fsp3) is 0.143. The lowest BCUT2D eigenvalue weighted by atomic mass is 10.0. The normalized spacial score (nSPS) is 17.5. The van der Waals surface area contributed by atoms with E-state index in [0.29, 0.717) is 28.3 Å². The lowest BCUT2D eigenvalue weighted by Gasteiger charge is -2.49. The van der Waals surface area contributed by atoms with Crippen LogP contribution in [0.1, 0.15) is 40.2 Å². The van der Waals surface area contributed by atoms with Gasteiger partial charge < -0.3 is 29.9 Å². The van der Waals surface area contributed by atoms with Crippen LogP contribution in [-0.2, 0) is 44.7 Å². The monoisotopic (exact) mass is 837 g/mol. The summed E-state index contributed by atoms with van der Waals surface area (Å²) < 4.78 is 52.7. The Morgan fingerprint density at radius 2 is 1.39 bits per heavy atom. The van der Waals surface area contributed by atoms with Gasteiger partial charge in [0.2, 0.25) is 12.0 Å². The summed E-state index contributed by atoms with van der Waals surface area (Å²) in [7, 11) is 0. The molecule has 0 aliphatic carbocycles. The highest BCUT2D eigenvalue weighted by molar-refractivity contribution is 7.92. The molecule has 2 unspecified atom stereocenters. The number of benzene rings is 4. The average Bonchev–Trinajstić information content (AvgIpc) is 3.68. The van der Waals surface area contributed by atoms with E-state index in [2.05, 4.69) is 15.5 Å². The third-order valence-corrected chi connectivity index (χ3v) is 11.4. The zero-order chi connectivity index (χ0) is 41.5. The van der Waals surface area contributed by atoms with Crippen molar-refractivity contribution in [2.75, 3.05) is 18.1 Å². The molecule has 7 rings (SSSR count). The van der Waals surface area contributed by atoms with Crippen LogP contribution < -0.4 is 11.1 Å². The first kappa shape index (κ1) is 40.5.